The van der Waals surface area contributed by atoms with Crippen molar-refractivity contribution in [2.24, 2.45) is 0 Å². The van der Waals surface area contributed by atoms with Crippen molar-refractivity contribution in [1.29, 1.82) is 0 Å². The van der Waals surface area contributed by atoms with Crippen LogP contribution in [-0.2, 0) is 137 Å². The Labute approximate surface area is 454 Å². The monoisotopic (exact) mass is 1560 g/mol. The molecule has 0 fully saturated rings. The Bertz CT molecular complexity index is 2960. The molecule has 0 aliphatic rings. The lowest BCUT2D eigenvalue weighted by atomic mass is 11.0. The van der Waals surface area contributed by atoms with Crippen LogP contribution in [0, 0.1) is 0 Å². The fourth-order valence-electron chi connectivity index (χ4n) is 4.57. The van der Waals surface area contributed by atoms with Crippen molar-refractivity contribution < 1.29 is 137 Å². The molecule has 0 aromatic heterocycles. The highest BCUT2D eigenvalue weighted by Gasteiger charge is 2.59. The summed E-state index contributed by atoms with van der Waals surface area (Å²) >= 11 is 0. The summed E-state index contributed by atoms with van der Waals surface area (Å²) in [6, 6.07) is -0.197. The van der Waals surface area contributed by atoms with Crippen LogP contribution in [0.3, 0.4) is 0 Å². The van der Waals surface area contributed by atoms with Crippen LogP contribution < -0.4 is 0 Å². The molecule has 1 unspecified atom stereocenters. The Morgan fingerprint density at radius 2 is 0.459 bits per heavy atom. The zero-order chi connectivity index (χ0) is 59.0. The van der Waals surface area contributed by atoms with Gasteiger partial charge in [-0.2, -0.15) is 0 Å². The Balaban J connectivity index is 5.95. The van der Waals surface area contributed by atoms with E-state index in [1.54, 1.807) is 39.3 Å². The third kappa shape index (κ3) is 20.4. The van der Waals surface area contributed by atoms with E-state index in [-0.39, 0.29) is 6.04 Å². The van der Waals surface area contributed by atoms with Crippen LogP contribution >= 0.6 is 0 Å². The highest BCUT2D eigenvalue weighted by Crippen LogP contribution is 2.16. The molecule has 0 aromatic rings. The average Bonchev–Trinajstić information content (AvgIpc) is 3.33. The fourth-order valence-corrected chi connectivity index (χ4v) is 338. The van der Waals surface area contributed by atoms with E-state index in [4.69, 9.17) is 12.3 Å². The predicted molar refractivity (Wildman–Crippen MR) is 270 cm³/mol. The topological polar surface area (TPSA) is 506 Å². The summed E-state index contributed by atoms with van der Waals surface area (Å²) in [7, 11) is -134. The maximum Gasteiger partial charge on any atom is 0.533 e. The smallest absolute Gasteiger partial charge is 0.533 e. The largest absolute Gasteiger partial charge is 0.575 e. The normalized spacial score (nSPS) is 11.8. The minimum Gasteiger partial charge on any atom is -0.575 e. The second-order valence-electron chi connectivity index (χ2n) is 16.8. The lowest BCUT2D eigenvalue weighted by Gasteiger charge is -2.30. The van der Waals surface area contributed by atoms with Gasteiger partial charge in [-0.05, 0) is 45.3 Å². The van der Waals surface area contributed by atoms with Crippen LogP contribution in [0.2, 0.25) is 65.0 Å². The van der Waals surface area contributed by atoms with E-state index < -0.39 is 250 Å². The van der Waals surface area contributed by atoms with Gasteiger partial charge in [0.1, 0.15) is 7.59 Å². The molecule has 1 atom stereocenters. The number of hydrogen-bond donors (Lipinski definition) is 0. The van der Waals surface area contributed by atoms with Crippen molar-refractivity contribution in [3.8, 4) is 0 Å². The maximum absolute atomic E-state index is 13.3. The molecule has 0 aliphatic heterocycles. The van der Waals surface area contributed by atoms with Crippen LogP contribution in [-0.4, -0.2) is 250 Å². The van der Waals surface area contributed by atoms with E-state index >= 15 is 0 Å². The first-order valence-corrected chi connectivity index (χ1v) is 99.1. The minimum absolute atomic E-state index is 0.197. The standard InChI is InChI=1S/C11H32O31Si32/c1-11-74(10,41-44(13)69(38)72(5,6)7)70(39)68(37)67(36)66(35)65(34)64(33)63(32)62(31)61(30)60(29)59(28)58(27)57(26)56(25)55(24)54(23)53(22)52(21)51(20)50(19)49(18)48(17)47(16)46(15)45(14)43(12)40-73(8,9)42-71(2,3)4/h11H2,1-10H3. The van der Waals surface area contributed by atoms with Crippen molar-refractivity contribution in [3.05, 3.63) is 0 Å². The first-order chi connectivity index (χ1) is 33.2. The van der Waals surface area contributed by atoms with Crippen molar-refractivity contribution >= 4 is 250 Å². The molecule has 74 heavy (non-hydrogen) atoms. The summed E-state index contributed by atoms with van der Waals surface area (Å²) in [5, 5.41) is 0. The zero-order valence-electron chi connectivity index (χ0n) is 39.4. The van der Waals surface area contributed by atoms with Gasteiger partial charge < -0.3 is 137 Å². The molecule has 0 N–H and O–H groups in total. The summed E-state index contributed by atoms with van der Waals surface area (Å²) in [6.07, 6.45) is 0. The lowest BCUT2D eigenvalue weighted by molar-refractivity contribution is 0.377. The molecule has 0 spiro atoms. The van der Waals surface area contributed by atoms with E-state index in [1.165, 1.54) is 20.0 Å². The van der Waals surface area contributed by atoms with Crippen LogP contribution in [0.15, 0.2) is 0 Å². The van der Waals surface area contributed by atoms with Gasteiger partial charge in [0.25, 0.3) is 7.83 Å². The molecule has 31 nitrogen and oxygen atoms in total. The van der Waals surface area contributed by atoms with Gasteiger partial charge in [0.15, 0.2) is 8.32 Å². The van der Waals surface area contributed by atoms with E-state index in [1.807, 2.05) is 0 Å². The molecule has 390 valence electrons. The molecule has 0 heterocycles. The highest BCUT2D eigenvalue weighted by atomic mass is 30.1. The van der Waals surface area contributed by atoms with E-state index in [9.17, 15) is 125 Å². The average molecular weight is 1560 g/mol. The SMILES string of the molecule is CC[Si](C)(O[Si](=O)[Si](=O)[Si](C)(C)C)[Si](=O)[Si](=O)[Si](=O)[Si](=O)[Si](=O)[Si](=O)[Si](=O)[Si](=O)[Si](=O)[Si](=O)[Si](=O)[Si](=O)[Si](=O)[Si](=O)[Si](=O)[Si](=O)[Si](=O)[Si](=O)[Si](=O)[Si](=O)[Si](=O)[Si](=O)[Si](=O)[Si](=O)[Si](=O)[Si](=O)O[Si](C)(C)O[Si](C)(C)C. The first-order valence-electron chi connectivity index (χ1n) is 19.5. The Morgan fingerprint density at radius 1 is 0.257 bits per heavy atom. The molecule has 0 rings (SSSR count). The first kappa shape index (κ1) is 74.9. The van der Waals surface area contributed by atoms with Crippen molar-refractivity contribution in [3.63, 3.8) is 0 Å². The van der Waals surface area contributed by atoms with Crippen molar-refractivity contribution in [2.75, 3.05) is 0 Å². The second kappa shape index (κ2) is 30.8. The van der Waals surface area contributed by atoms with Gasteiger partial charge in [-0.15, -0.1) is 0 Å². The minimum atomic E-state index is -4.68. The van der Waals surface area contributed by atoms with Gasteiger partial charge in [-0.3, -0.25) is 0 Å². The molecule has 0 radical (unpaired) electrons. The molecule has 0 aliphatic carbocycles. The molecule has 0 aromatic carbocycles. The van der Waals surface area contributed by atoms with Crippen LogP contribution in [0.25, 0.3) is 0 Å². The Hall–Kier alpha value is 0.900. The van der Waals surface area contributed by atoms with E-state index in [0.29, 0.717) is 0 Å². The fraction of sp³-hybridized carbons (Fsp3) is 1.00. The van der Waals surface area contributed by atoms with Gasteiger partial charge in [-0.25, -0.2) is 0 Å². The molecule has 0 saturated heterocycles. The van der Waals surface area contributed by atoms with Crippen molar-refractivity contribution in [1.82, 2.24) is 0 Å². The second-order valence-corrected chi connectivity index (χ2v) is 172. The number of rotatable bonds is 35. The third-order valence-electron chi connectivity index (χ3n) is 8.36. The Kier molecular flexibility index (Phi) is 31.2. The zero-order valence-corrected chi connectivity index (χ0v) is 71.4. The molecular weight excluding hydrogens is 1530 g/mol. The maximum atomic E-state index is 13.3. The van der Waals surface area contributed by atoms with Gasteiger partial charge in [-0.1, -0.05) is 26.6 Å². The van der Waals surface area contributed by atoms with Gasteiger partial charge in [0.2, 0.25) is 0 Å². The summed E-state index contributed by atoms with van der Waals surface area (Å²) in [5.41, 5.74) is 0. The molecule has 0 bridgehead atoms. The molecule has 63 heteroatoms. The van der Waals surface area contributed by atoms with E-state index in [2.05, 4.69) is 0 Å². The van der Waals surface area contributed by atoms with E-state index in [0.717, 1.165) is 6.55 Å². The lowest BCUT2D eigenvalue weighted by Crippen LogP contribution is -2.60. The summed E-state index contributed by atoms with van der Waals surface area (Å²) < 4.78 is 375. The summed E-state index contributed by atoms with van der Waals surface area (Å²) in [5.74, 6) is 0. The molecule has 0 amide bonds. The van der Waals surface area contributed by atoms with Crippen LogP contribution in [0.5, 0.6) is 0 Å². The van der Waals surface area contributed by atoms with Crippen molar-refractivity contribution in [2.45, 2.75) is 71.9 Å². The summed E-state index contributed by atoms with van der Waals surface area (Å²) in [6.45, 7) is 15.3. The Morgan fingerprint density at radius 3 is 0.649 bits per heavy atom. The predicted octanol–water partition coefficient (Wildman–Crippen LogP) is -9.49. The quantitative estimate of drug-likeness (QED) is 0.0532. The van der Waals surface area contributed by atoms with Gasteiger partial charge >= 0.3 is 226 Å². The van der Waals surface area contributed by atoms with Crippen LogP contribution in [0.4, 0.5) is 0 Å². The third-order valence-corrected chi connectivity index (χ3v) is 242. The molecule has 0 saturated carbocycles. The molecular formula is C11H32O31Si32. The van der Waals surface area contributed by atoms with Crippen LogP contribution in [0.1, 0.15) is 6.92 Å². The number of hydrogen-bond acceptors (Lipinski definition) is 31. The summed E-state index contributed by atoms with van der Waals surface area (Å²) in [4.78, 5) is 0. The highest BCUT2D eigenvalue weighted by molar-refractivity contribution is 7.84. The van der Waals surface area contributed by atoms with Gasteiger partial charge in [0.05, 0.1) is 0 Å². The van der Waals surface area contributed by atoms with Gasteiger partial charge in [0, 0.05) is 0 Å².